The number of thiazole rings is 1. The van der Waals surface area contributed by atoms with Gasteiger partial charge in [-0.15, -0.1) is 0 Å². The Bertz CT molecular complexity index is 1440. The summed E-state index contributed by atoms with van der Waals surface area (Å²) in [6, 6.07) is 12.8. The first-order valence-electron chi connectivity index (χ1n) is 9.06. The Morgan fingerprint density at radius 2 is 1.75 bits per heavy atom. The first kappa shape index (κ1) is 22.9. The molecule has 0 saturated heterocycles. The summed E-state index contributed by atoms with van der Waals surface area (Å²) < 4.78 is 40.2. The van der Waals surface area contributed by atoms with Gasteiger partial charge in [0.25, 0.3) is 15.2 Å². The molecule has 0 radical (unpaired) electrons. The van der Waals surface area contributed by atoms with Gasteiger partial charge in [-0.2, -0.15) is 0 Å². The zero-order valence-electron chi connectivity index (χ0n) is 16.6. The van der Waals surface area contributed by atoms with Crippen molar-refractivity contribution in [2.45, 2.75) is 11.8 Å². The number of benzene rings is 3. The van der Waals surface area contributed by atoms with Crippen molar-refractivity contribution < 1.29 is 17.9 Å². The molecule has 0 amide bonds. The van der Waals surface area contributed by atoms with Crippen molar-refractivity contribution in [3.8, 4) is 16.7 Å². The number of hydrogen-bond acceptors (Lipinski definition) is 6. The number of sulfonamides is 1. The van der Waals surface area contributed by atoms with E-state index in [-0.39, 0.29) is 20.6 Å². The average Bonchev–Trinajstić information content (AvgIpc) is 3.10. The van der Waals surface area contributed by atoms with E-state index in [2.05, 4.69) is 9.71 Å². The highest BCUT2D eigenvalue weighted by molar-refractivity contribution is 7.92. The smallest absolute Gasteiger partial charge is 0.279 e. The monoisotopic (exact) mass is 528 g/mol. The van der Waals surface area contributed by atoms with Gasteiger partial charge in [-0.25, -0.2) is 13.4 Å². The summed E-state index contributed by atoms with van der Waals surface area (Å²) in [5.74, 6) is 1.03. The van der Waals surface area contributed by atoms with E-state index < -0.39 is 10.0 Å². The van der Waals surface area contributed by atoms with Gasteiger partial charge in [-0.3, -0.25) is 4.72 Å². The molecule has 3 aromatic carbocycles. The minimum absolute atomic E-state index is 0.0107. The number of aromatic nitrogens is 1. The van der Waals surface area contributed by atoms with Gasteiger partial charge in [0.2, 0.25) is 0 Å². The van der Waals surface area contributed by atoms with Crippen LogP contribution in [0.3, 0.4) is 0 Å². The maximum Gasteiger partial charge on any atom is 0.279 e. The van der Waals surface area contributed by atoms with Crippen molar-refractivity contribution in [3.05, 3.63) is 69.2 Å². The fourth-order valence-corrected chi connectivity index (χ4v) is 5.84. The summed E-state index contributed by atoms with van der Waals surface area (Å²) in [5.41, 5.74) is 1.54. The Hall–Kier alpha value is -2.23. The van der Waals surface area contributed by atoms with Crippen LogP contribution in [0.5, 0.6) is 16.7 Å². The molecule has 0 bridgehead atoms. The zero-order valence-corrected chi connectivity index (χ0v) is 20.6. The third-order valence-electron chi connectivity index (χ3n) is 4.41. The number of nitrogens with zero attached hydrogens (tertiary/aromatic N) is 1. The number of methoxy groups -OCH3 is 1. The Kier molecular flexibility index (Phi) is 6.42. The van der Waals surface area contributed by atoms with Gasteiger partial charge in [0.15, 0.2) is 0 Å². The quantitative estimate of drug-likeness (QED) is 0.286. The standard InChI is InChI=1S/C21H15Cl3N2O4S2/c1-11-5-20(17(24)10-16(11)23)32(27,28)26-13-6-12(22)7-15(8-13)30-21-25-18-4-3-14(29-2)9-19(18)31-21/h3-10,26H,1-2H3. The summed E-state index contributed by atoms with van der Waals surface area (Å²) in [7, 11) is -2.41. The molecule has 6 nitrogen and oxygen atoms in total. The molecule has 1 aromatic heterocycles. The number of halogens is 3. The van der Waals surface area contributed by atoms with E-state index in [1.807, 2.05) is 18.2 Å². The van der Waals surface area contributed by atoms with Crippen LogP contribution in [0.15, 0.2) is 53.4 Å². The molecular formula is C21H15Cl3N2O4S2. The molecule has 11 heteroatoms. The van der Waals surface area contributed by atoms with Crippen molar-refractivity contribution in [2.24, 2.45) is 0 Å². The number of anilines is 1. The van der Waals surface area contributed by atoms with E-state index in [1.165, 1.54) is 35.6 Å². The second-order valence-corrected chi connectivity index (χ2v) is 10.6. The van der Waals surface area contributed by atoms with Gasteiger partial charge in [0.1, 0.15) is 16.4 Å². The molecule has 0 aliphatic rings. The molecule has 4 aromatic rings. The summed E-state index contributed by atoms with van der Waals surface area (Å²) >= 11 is 19.6. The van der Waals surface area contributed by atoms with E-state index in [0.717, 1.165) is 10.2 Å². The number of rotatable bonds is 6. The van der Waals surface area contributed by atoms with Crippen LogP contribution in [0, 0.1) is 6.92 Å². The van der Waals surface area contributed by atoms with Crippen LogP contribution >= 0.6 is 46.1 Å². The second-order valence-electron chi connectivity index (χ2n) is 6.73. The molecule has 0 aliphatic carbocycles. The molecular weight excluding hydrogens is 515 g/mol. The Morgan fingerprint density at radius 1 is 0.969 bits per heavy atom. The lowest BCUT2D eigenvalue weighted by Gasteiger charge is -2.12. The molecule has 166 valence electrons. The van der Waals surface area contributed by atoms with Crippen molar-refractivity contribution in [3.63, 3.8) is 0 Å². The number of aryl methyl sites for hydroxylation is 1. The van der Waals surface area contributed by atoms with Crippen molar-refractivity contribution in [1.29, 1.82) is 0 Å². The fourth-order valence-electron chi connectivity index (χ4n) is 2.88. The molecule has 1 heterocycles. The average molecular weight is 530 g/mol. The van der Waals surface area contributed by atoms with Gasteiger partial charge in [0.05, 0.1) is 28.0 Å². The number of fused-ring (bicyclic) bond motifs is 1. The first-order valence-corrected chi connectivity index (χ1v) is 12.5. The highest BCUT2D eigenvalue weighted by Crippen LogP contribution is 2.36. The third kappa shape index (κ3) is 4.89. The van der Waals surface area contributed by atoms with Crippen LogP contribution in [0.4, 0.5) is 5.69 Å². The van der Waals surface area contributed by atoms with Crippen LogP contribution < -0.4 is 14.2 Å². The van der Waals surface area contributed by atoms with Crippen molar-refractivity contribution in [2.75, 3.05) is 11.8 Å². The summed E-state index contributed by atoms with van der Waals surface area (Å²) in [5, 5.41) is 1.04. The van der Waals surface area contributed by atoms with E-state index in [4.69, 9.17) is 44.3 Å². The largest absolute Gasteiger partial charge is 0.497 e. The van der Waals surface area contributed by atoms with E-state index in [1.54, 1.807) is 20.1 Å². The summed E-state index contributed by atoms with van der Waals surface area (Å²) in [6.45, 7) is 1.69. The lowest BCUT2D eigenvalue weighted by atomic mass is 10.2. The second kappa shape index (κ2) is 8.96. The highest BCUT2D eigenvalue weighted by atomic mass is 35.5. The summed E-state index contributed by atoms with van der Waals surface area (Å²) in [4.78, 5) is 4.33. The Morgan fingerprint density at radius 3 is 2.50 bits per heavy atom. The van der Waals surface area contributed by atoms with Crippen molar-refractivity contribution >= 4 is 72.1 Å². The Labute approximate surface area is 203 Å². The zero-order chi connectivity index (χ0) is 23.0. The minimum Gasteiger partial charge on any atom is -0.497 e. The molecule has 0 atom stereocenters. The topological polar surface area (TPSA) is 77.5 Å². The molecule has 0 aliphatic heterocycles. The van der Waals surface area contributed by atoms with Gasteiger partial charge >= 0.3 is 0 Å². The van der Waals surface area contributed by atoms with E-state index in [0.29, 0.717) is 27.3 Å². The molecule has 32 heavy (non-hydrogen) atoms. The van der Waals surface area contributed by atoms with Gasteiger partial charge in [-0.05, 0) is 55.0 Å². The fraction of sp³-hybridized carbons (Fsp3) is 0.0952. The van der Waals surface area contributed by atoms with Crippen LogP contribution in [0.1, 0.15) is 5.56 Å². The van der Waals surface area contributed by atoms with Crippen LogP contribution in [0.25, 0.3) is 10.2 Å². The molecule has 0 unspecified atom stereocenters. The highest BCUT2D eigenvalue weighted by Gasteiger charge is 2.20. The predicted molar refractivity (Wildman–Crippen MR) is 130 cm³/mol. The SMILES string of the molecule is COc1ccc2nc(Oc3cc(Cl)cc(NS(=O)(=O)c4cc(C)c(Cl)cc4Cl)c3)sc2c1. The first-order chi connectivity index (χ1) is 15.1. The molecule has 1 N–H and O–H groups in total. The van der Waals surface area contributed by atoms with Gasteiger partial charge in [-0.1, -0.05) is 46.1 Å². The van der Waals surface area contributed by atoms with Gasteiger partial charge in [0, 0.05) is 16.1 Å². The van der Waals surface area contributed by atoms with Crippen molar-refractivity contribution in [1.82, 2.24) is 4.98 Å². The van der Waals surface area contributed by atoms with Crippen LogP contribution in [-0.2, 0) is 10.0 Å². The number of hydrogen-bond donors (Lipinski definition) is 1. The van der Waals surface area contributed by atoms with Crippen LogP contribution in [0.2, 0.25) is 15.1 Å². The molecule has 4 rings (SSSR count). The Balaban J connectivity index is 1.62. The lowest BCUT2D eigenvalue weighted by Crippen LogP contribution is -2.14. The number of ether oxygens (including phenoxy) is 2. The van der Waals surface area contributed by atoms with Gasteiger partial charge < -0.3 is 9.47 Å². The maximum atomic E-state index is 12.9. The lowest BCUT2D eigenvalue weighted by molar-refractivity contribution is 0.415. The van der Waals surface area contributed by atoms with E-state index in [9.17, 15) is 8.42 Å². The predicted octanol–water partition coefficient (Wildman–Crippen LogP) is 7.17. The molecule has 0 saturated carbocycles. The molecule has 0 fully saturated rings. The number of nitrogens with one attached hydrogen (secondary N) is 1. The van der Waals surface area contributed by atoms with E-state index >= 15 is 0 Å². The molecule has 0 spiro atoms. The summed E-state index contributed by atoms with van der Waals surface area (Å²) in [6.07, 6.45) is 0. The minimum atomic E-state index is -4.00. The van der Waals surface area contributed by atoms with Crippen LogP contribution in [-0.4, -0.2) is 20.5 Å². The third-order valence-corrected chi connectivity index (χ3v) is 7.77. The maximum absolute atomic E-state index is 12.9. The normalized spacial score (nSPS) is 11.5.